The van der Waals surface area contributed by atoms with Crippen molar-refractivity contribution in [2.24, 2.45) is 7.05 Å². The van der Waals surface area contributed by atoms with Crippen molar-refractivity contribution in [1.29, 1.82) is 0 Å². The third kappa shape index (κ3) is 2.88. The van der Waals surface area contributed by atoms with Crippen molar-refractivity contribution in [3.05, 3.63) is 47.8 Å². The molecule has 2 aromatic rings. The molecule has 0 saturated heterocycles. The van der Waals surface area contributed by atoms with Crippen molar-refractivity contribution in [3.8, 4) is 5.75 Å². The second kappa shape index (κ2) is 5.35. The predicted octanol–water partition coefficient (Wildman–Crippen LogP) is 1.36. The number of hydrogen-bond donors (Lipinski definition) is 1. The van der Waals surface area contributed by atoms with Crippen LogP contribution in [0.4, 0.5) is 0 Å². The highest BCUT2D eigenvalue weighted by atomic mass is 16.5. The molecule has 0 unspecified atom stereocenters. The number of aryl methyl sites for hydroxylation is 1. The molecule has 0 bridgehead atoms. The molecular weight excluding hydrogens is 230 g/mol. The zero-order chi connectivity index (χ0) is 13.0. The Hall–Kier alpha value is -2.30. The van der Waals surface area contributed by atoms with Crippen molar-refractivity contribution < 1.29 is 9.53 Å². The molecule has 0 aliphatic rings. The number of carbonyl (C=O) groups excluding carboxylic acids is 1. The monoisotopic (exact) mass is 245 g/mol. The summed E-state index contributed by atoms with van der Waals surface area (Å²) < 4.78 is 6.67. The molecule has 5 heteroatoms. The molecule has 0 aliphatic heterocycles. The smallest absolute Gasteiger partial charge is 0.272 e. The van der Waals surface area contributed by atoms with Crippen LogP contribution in [0.2, 0.25) is 0 Å². The number of benzene rings is 1. The average Bonchev–Trinajstić information content (AvgIpc) is 2.83. The maximum Gasteiger partial charge on any atom is 0.272 e. The fourth-order valence-electron chi connectivity index (χ4n) is 1.55. The Morgan fingerprint density at radius 1 is 1.33 bits per heavy atom. The summed E-state index contributed by atoms with van der Waals surface area (Å²) in [5, 5.41) is 6.85. The third-order valence-corrected chi connectivity index (χ3v) is 2.56. The van der Waals surface area contributed by atoms with Gasteiger partial charge in [0.25, 0.3) is 5.91 Å². The first-order valence-corrected chi connectivity index (χ1v) is 5.60. The van der Waals surface area contributed by atoms with E-state index in [2.05, 4.69) is 10.4 Å². The van der Waals surface area contributed by atoms with Crippen LogP contribution in [0.3, 0.4) is 0 Å². The van der Waals surface area contributed by atoms with Crippen LogP contribution >= 0.6 is 0 Å². The topological polar surface area (TPSA) is 56.1 Å². The maximum atomic E-state index is 11.7. The lowest BCUT2D eigenvalue weighted by atomic mass is 10.2. The Bertz CT molecular complexity index is 531. The van der Waals surface area contributed by atoms with Crippen LogP contribution in [0.1, 0.15) is 16.1 Å². The summed E-state index contributed by atoms with van der Waals surface area (Å²) in [6.45, 7) is 0.472. The summed E-state index contributed by atoms with van der Waals surface area (Å²) in [6, 6.07) is 9.24. The lowest BCUT2D eigenvalue weighted by molar-refractivity contribution is 0.0945. The number of carbonyl (C=O) groups is 1. The molecule has 5 nitrogen and oxygen atoms in total. The van der Waals surface area contributed by atoms with E-state index in [-0.39, 0.29) is 5.91 Å². The largest absolute Gasteiger partial charge is 0.497 e. The van der Waals surface area contributed by atoms with Gasteiger partial charge in [-0.15, -0.1) is 0 Å². The zero-order valence-electron chi connectivity index (χ0n) is 10.4. The summed E-state index contributed by atoms with van der Waals surface area (Å²) in [6.07, 6.45) is 1.74. The predicted molar refractivity (Wildman–Crippen MR) is 67.4 cm³/mol. The van der Waals surface area contributed by atoms with Gasteiger partial charge in [-0.05, 0) is 23.8 Å². The van der Waals surface area contributed by atoms with Crippen molar-refractivity contribution in [3.63, 3.8) is 0 Å². The van der Waals surface area contributed by atoms with E-state index in [1.165, 1.54) is 0 Å². The molecule has 0 radical (unpaired) electrons. The van der Waals surface area contributed by atoms with Gasteiger partial charge < -0.3 is 10.1 Å². The number of nitrogens with zero attached hydrogens (tertiary/aromatic N) is 2. The molecule has 0 aliphatic carbocycles. The summed E-state index contributed by atoms with van der Waals surface area (Å²) in [5.74, 6) is 0.626. The second-order valence-corrected chi connectivity index (χ2v) is 3.91. The Balaban J connectivity index is 1.92. The van der Waals surface area contributed by atoms with E-state index in [1.54, 1.807) is 31.1 Å². The number of hydrogen-bond acceptors (Lipinski definition) is 3. The van der Waals surface area contributed by atoms with Gasteiger partial charge in [0.15, 0.2) is 0 Å². The van der Waals surface area contributed by atoms with Gasteiger partial charge in [0.2, 0.25) is 0 Å². The molecule has 94 valence electrons. The van der Waals surface area contributed by atoms with Crippen LogP contribution in [0.25, 0.3) is 0 Å². The highest BCUT2D eigenvalue weighted by Crippen LogP contribution is 2.11. The number of rotatable bonds is 4. The number of methoxy groups -OCH3 is 1. The summed E-state index contributed by atoms with van der Waals surface area (Å²) in [5.41, 5.74) is 1.44. The molecule has 1 aromatic heterocycles. The lowest BCUT2D eigenvalue weighted by Gasteiger charge is -2.04. The summed E-state index contributed by atoms with van der Waals surface area (Å²) in [7, 11) is 3.40. The van der Waals surface area contributed by atoms with Crippen LogP contribution in [-0.2, 0) is 13.6 Å². The van der Waals surface area contributed by atoms with Crippen molar-refractivity contribution in [1.82, 2.24) is 15.1 Å². The first kappa shape index (κ1) is 12.2. The lowest BCUT2D eigenvalue weighted by Crippen LogP contribution is -2.23. The molecule has 18 heavy (non-hydrogen) atoms. The number of aromatic nitrogens is 2. The van der Waals surface area contributed by atoms with E-state index >= 15 is 0 Å². The molecule has 0 saturated carbocycles. The first-order chi connectivity index (χ1) is 8.69. The van der Waals surface area contributed by atoms with Crippen molar-refractivity contribution in [2.45, 2.75) is 6.54 Å². The molecule has 1 aromatic carbocycles. The van der Waals surface area contributed by atoms with Crippen LogP contribution in [0.5, 0.6) is 5.75 Å². The fourth-order valence-corrected chi connectivity index (χ4v) is 1.55. The number of nitrogens with one attached hydrogen (secondary N) is 1. The molecule has 0 spiro atoms. The first-order valence-electron chi connectivity index (χ1n) is 5.60. The average molecular weight is 245 g/mol. The van der Waals surface area contributed by atoms with E-state index in [0.717, 1.165) is 11.3 Å². The molecule has 1 N–H and O–H groups in total. The van der Waals surface area contributed by atoms with Gasteiger partial charge in [-0.2, -0.15) is 5.10 Å². The van der Waals surface area contributed by atoms with E-state index in [1.807, 2.05) is 24.3 Å². The van der Waals surface area contributed by atoms with Crippen LogP contribution in [0.15, 0.2) is 36.5 Å². The number of amides is 1. The van der Waals surface area contributed by atoms with Crippen molar-refractivity contribution >= 4 is 5.91 Å². The van der Waals surface area contributed by atoms with Gasteiger partial charge in [0, 0.05) is 19.8 Å². The summed E-state index contributed by atoms with van der Waals surface area (Å²) >= 11 is 0. The number of ether oxygens (including phenoxy) is 1. The summed E-state index contributed by atoms with van der Waals surface area (Å²) in [4.78, 5) is 11.7. The minimum absolute atomic E-state index is 0.175. The molecule has 1 amide bonds. The van der Waals surface area contributed by atoms with E-state index in [4.69, 9.17) is 4.74 Å². The van der Waals surface area contributed by atoms with Crippen LogP contribution in [-0.4, -0.2) is 22.8 Å². The molecule has 2 rings (SSSR count). The minimum Gasteiger partial charge on any atom is -0.497 e. The third-order valence-electron chi connectivity index (χ3n) is 2.56. The Kier molecular flexibility index (Phi) is 3.62. The van der Waals surface area contributed by atoms with Crippen LogP contribution < -0.4 is 10.1 Å². The standard InChI is InChI=1S/C13H15N3O2/c1-16-8-7-12(15-16)13(17)14-9-10-3-5-11(18-2)6-4-10/h3-8H,9H2,1-2H3,(H,14,17). The maximum absolute atomic E-state index is 11.7. The highest BCUT2D eigenvalue weighted by Gasteiger charge is 2.07. The minimum atomic E-state index is -0.175. The van der Waals surface area contributed by atoms with Crippen LogP contribution in [0, 0.1) is 0 Å². The molecule has 0 fully saturated rings. The van der Waals surface area contributed by atoms with E-state index < -0.39 is 0 Å². The van der Waals surface area contributed by atoms with E-state index in [9.17, 15) is 4.79 Å². The van der Waals surface area contributed by atoms with Crippen molar-refractivity contribution in [2.75, 3.05) is 7.11 Å². The Labute approximate surface area is 105 Å². The molecular formula is C13H15N3O2. The highest BCUT2D eigenvalue weighted by molar-refractivity contribution is 5.92. The Morgan fingerprint density at radius 2 is 2.06 bits per heavy atom. The van der Waals surface area contributed by atoms with Gasteiger partial charge in [0.05, 0.1) is 7.11 Å². The van der Waals surface area contributed by atoms with E-state index in [0.29, 0.717) is 12.2 Å². The normalized spacial score (nSPS) is 10.1. The molecule has 0 atom stereocenters. The Morgan fingerprint density at radius 3 is 2.61 bits per heavy atom. The quantitative estimate of drug-likeness (QED) is 0.884. The van der Waals surface area contributed by atoms with Gasteiger partial charge in [-0.1, -0.05) is 12.1 Å². The fraction of sp³-hybridized carbons (Fsp3) is 0.231. The zero-order valence-corrected chi connectivity index (χ0v) is 10.4. The molecule has 1 heterocycles. The van der Waals surface area contributed by atoms with Gasteiger partial charge in [0.1, 0.15) is 11.4 Å². The second-order valence-electron chi connectivity index (χ2n) is 3.91. The van der Waals surface area contributed by atoms with Gasteiger partial charge in [-0.25, -0.2) is 0 Å². The SMILES string of the molecule is COc1ccc(CNC(=O)c2ccn(C)n2)cc1. The van der Waals surface area contributed by atoms with Gasteiger partial charge >= 0.3 is 0 Å². The van der Waals surface area contributed by atoms with Gasteiger partial charge in [-0.3, -0.25) is 9.48 Å².